The molecule has 2 atom stereocenters. The molecule has 0 aromatic rings. The maximum absolute atomic E-state index is 8.70. The van der Waals surface area contributed by atoms with E-state index < -0.39 is 0 Å². The third kappa shape index (κ3) is 6.62. The lowest BCUT2D eigenvalue weighted by Crippen LogP contribution is -2.17. The van der Waals surface area contributed by atoms with Gasteiger partial charge in [0.2, 0.25) is 0 Å². The van der Waals surface area contributed by atoms with Gasteiger partial charge in [-0.25, -0.2) is 0 Å². The smallest absolute Gasteiger partial charge is 0.0777 e. The first-order chi connectivity index (χ1) is 5.70. The predicted molar refractivity (Wildman–Crippen MR) is 51.2 cm³/mol. The summed E-state index contributed by atoms with van der Waals surface area (Å²) in [6, 6.07) is 0. The molecule has 0 aliphatic rings. The standard InChI is InChI=1S/C10H22O2/c1-4-5-6-9(2)8-12-10(3)7-11/h9-11H,4-8H2,1-3H3/t9-,10+/m1/s1. The zero-order valence-corrected chi connectivity index (χ0v) is 8.55. The lowest BCUT2D eigenvalue weighted by atomic mass is 10.1. The Kier molecular flexibility index (Phi) is 7.51. The van der Waals surface area contributed by atoms with Crippen LogP contribution in [0.3, 0.4) is 0 Å². The minimum absolute atomic E-state index is 0.00548. The molecule has 0 bridgehead atoms. The summed E-state index contributed by atoms with van der Waals surface area (Å²) in [4.78, 5) is 0. The van der Waals surface area contributed by atoms with E-state index >= 15 is 0 Å². The van der Waals surface area contributed by atoms with Crippen molar-refractivity contribution in [3.8, 4) is 0 Å². The van der Waals surface area contributed by atoms with Crippen molar-refractivity contribution in [2.75, 3.05) is 13.2 Å². The van der Waals surface area contributed by atoms with Gasteiger partial charge in [-0.3, -0.25) is 0 Å². The summed E-state index contributed by atoms with van der Waals surface area (Å²) in [6.45, 7) is 7.19. The van der Waals surface area contributed by atoms with Gasteiger partial charge in [-0.15, -0.1) is 0 Å². The maximum atomic E-state index is 8.70. The Morgan fingerprint density at radius 3 is 2.50 bits per heavy atom. The number of rotatable bonds is 7. The Labute approximate surface area is 75.9 Å². The van der Waals surface area contributed by atoms with Gasteiger partial charge in [0.05, 0.1) is 12.7 Å². The van der Waals surface area contributed by atoms with Gasteiger partial charge >= 0.3 is 0 Å². The molecule has 0 heterocycles. The molecule has 12 heavy (non-hydrogen) atoms. The van der Waals surface area contributed by atoms with Crippen LogP contribution in [-0.2, 0) is 4.74 Å². The summed E-state index contributed by atoms with van der Waals surface area (Å²) >= 11 is 0. The molecule has 0 aromatic carbocycles. The molecular formula is C10H22O2. The minimum Gasteiger partial charge on any atom is -0.394 e. The minimum atomic E-state index is -0.00548. The highest BCUT2D eigenvalue weighted by atomic mass is 16.5. The average Bonchev–Trinajstić information content (AvgIpc) is 2.10. The maximum Gasteiger partial charge on any atom is 0.0777 e. The Morgan fingerprint density at radius 1 is 1.33 bits per heavy atom. The molecule has 0 aromatic heterocycles. The first-order valence-corrected chi connectivity index (χ1v) is 4.93. The van der Waals surface area contributed by atoms with E-state index in [0.29, 0.717) is 5.92 Å². The van der Waals surface area contributed by atoms with Gasteiger partial charge in [0.25, 0.3) is 0 Å². The highest BCUT2D eigenvalue weighted by molar-refractivity contribution is 4.53. The summed E-state index contributed by atoms with van der Waals surface area (Å²) in [6.07, 6.45) is 3.75. The van der Waals surface area contributed by atoms with Crippen LogP contribution in [-0.4, -0.2) is 24.4 Å². The Hall–Kier alpha value is -0.0800. The van der Waals surface area contributed by atoms with Gasteiger partial charge in [-0.05, 0) is 19.3 Å². The lowest BCUT2D eigenvalue weighted by Gasteiger charge is -2.14. The van der Waals surface area contributed by atoms with E-state index in [9.17, 15) is 0 Å². The van der Waals surface area contributed by atoms with Gasteiger partial charge in [-0.2, -0.15) is 0 Å². The van der Waals surface area contributed by atoms with Crippen LogP contribution < -0.4 is 0 Å². The van der Waals surface area contributed by atoms with Crippen LogP contribution >= 0.6 is 0 Å². The van der Waals surface area contributed by atoms with Crippen molar-refractivity contribution >= 4 is 0 Å². The van der Waals surface area contributed by atoms with Crippen molar-refractivity contribution in [3.05, 3.63) is 0 Å². The first-order valence-electron chi connectivity index (χ1n) is 4.93. The number of aliphatic hydroxyl groups excluding tert-OH is 1. The molecule has 1 N–H and O–H groups in total. The third-order valence-corrected chi connectivity index (χ3v) is 1.97. The third-order valence-electron chi connectivity index (χ3n) is 1.97. The summed E-state index contributed by atoms with van der Waals surface area (Å²) in [5.74, 6) is 0.624. The Morgan fingerprint density at radius 2 is 2.00 bits per heavy atom. The molecule has 0 amide bonds. The number of aliphatic hydroxyl groups is 1. The summed E-state index contributed by atoms with van der Waals surface area (Å²) in [5, 5.41) is 8.70. The summed E-state index contributed by atoms with van der Waals surface area (Å²) in [5.41, 5.74) is 0. The molecule has 74 valence electrons. The lowest BCUT2D eigenvalue weighted by molar-refractivity contribution is 0.00752. The highest BCUT2D eigenvalue weighted by Gasteiger charge is 2.04. The molecule has 0 spiro atoms. The molecule has 0 aliphatic heterocycles. The van der Waals surface area contributed by atoms with Crippen molar-refractivity contribution in [2.24, 2.45) is 5.92 Å². The molecule has 0 saturated carbocycles. The van der Waals surface area contributed by atoms with Crippen LogP contribution in [0.5, 0.6) is 0 Å². The average molecular weight is 174 g/mol. The fraction of sp³-hybridized carbons (Fsp3) is 1.00. The zero-order chi connectivity index (χ0) is 9.40. The van der Waals surface area contributed by atoms with Crippen LogP contribution in [0.2, 0.25) is 0 Å². The largest absolute Gasteiger partial charge is 0.394 e. The molecule has 0 rings (SSSR count). The highest BCUT2D eigenvalue weighted by Crippen LogP contribution is 2.08. The van der Waals surface area contributed by atoms with Crippen LogP contribution in [0.1, 0.15) is 40.0 Å². The molecule has 0 saturated heterocycles. The van der Waals surface area contributed by atoms with Crippen molar-refractivity contribution in [3.63, 3.8) is 0 Å². The van der Waals surface area contributed by atoms with Gasteiger partial charge in [0.15, 0.2) is 0 Å². The molecular weight excluding hydrogens is 152 g/mol. The van der Waals surface area contributed by atoms with Crippen molar-refractivity contribution in [2.45, 2.75) is 46.1 Å². The number of ether oxygens (including phenoxy) is 1. The van der Waals surface area contributed by atoms with Gasteiger partial charge < -0.3 is 9.84 Å². The number of hydrogen-bond acceptors (Lipinski definition) is 2. The molecule has 2 heteroatoms. The van der Waals surface area contributed by atoms with E-state index in [1.807, 2.05) is 6.92 Å². The van der Waals surface area contributed by atoms with E-state index in [2.05, 4.69) is 13.8 Å². The van der Waals surface area contributed by atoms with Crippen LogP contribution in [0.25, 0.3) is 0 Å². The van der Waals surface area contributed by atoms with Crippen LogP contribution in [0.4, 0.5) is 0 Å². The second kappa shape index (κ2) is 7.56. The second-order valence-electron chi connectivity index (χ2n) is 3.57. The molecule has 2 nitrogen and oxygen atoms in total. The van der Waals surface area contributed by atoms with Gasteiger partial charge in [0, 0.05) is 6.61 Å². The van der Waals surface area contributed by atoms with E-state index in [4.69, 9.17) is 9.84 Å². The summed E-state index contributed by atoms with van der Waals surface area (Å²) in [7, 11) is 0. The molecule has 0 aliphatic carbocycles. The van der Waals surface area contributed by atoms with Gasteiger partial charge in [-0.1, -0.05) is 26.7 Å². The topological polar surface area (TPSA) is 29.5 Å². The Balaban J connectivity index is 3.24. The monoisotopic (exact) mass is 174 g/mol. The van der Waals surface area contributed by atoms with Crippen molar-refractivity contribution in [1.29, 1.82) is 0 Å². The van der Waals surface area contributed by atoms with Crippen molar-refractivity contribution in [1.82, 2.24) is 0 Å². The second-order valence-corrected chi connectivity index (χ2v) is 3.57. The van der Waals surface area contributed by atoms with E-state index in [-0.39, 0.29) is 12.7 Å². The fourth-order valence-electron chi connectivity index (χ4n) is 1.02. The zero-order valence-electron chi connectivity index (χ0n) is 8.55. The predicted octanol–water partition coefficient (Wildman–Crippen LogP) is 2.21. The summed E-state index contributed by atoms with van der Waals surface area (Å²) < 4.78 is 5.40. The fourth-order valence-corrected chi connectivity index (χ4v) is 1.02. The molecule has 0 radical (unpaired) electrons. The Bertz CT molecular complexity index is 93.8. The molecule has 0 unspecified atom stereocenters. The quantitative estimate of drug-likeness (QED) is 0.641. The van der Waals surface area contributed by atoms with E-state index in [1.54, 1.807) is 0 Å². The normalized spacial score (nSPS) is 16.0. The van der Waals surface area contributed by atoms with E-state index in [0.717, 1.165) is 6.61 Å². The van der Waals surface area contributed by atoms with Gasteiger partial charge in [0.1, 0.15) is 0 Å². The SMILES string of the molecule is CCCC[C@@H](C)CO[C@@H](C)CO. The molecule has 0 fully saturated rings. The van der Waals surface area contributed by atoms with Crippen molar-refractivity contribution < 1.29 is 9.84 Å². The van der Waals surface area contributed by atoms with E-state index in [1.165, 1.54) is 19.3 Å². The van der Waals surface area contributed by atoms with Crippen LogP contribution in [0.15, 0.2) is 0 Å². The number of hydrogen-bond donors (Lipinski definition) is 1. The first kappa shape index (κ1) is 11.9. The number of unbranched alkanes of at least 4 members (excludes halogenated alkanes) is 1. The van der Waals surface area contributed by atoms with Crippen LogP contribution in [0, 0.1) is 5.92 Å².